The third-order valence-electron chi connectivity index (χ3n) is 4.07. The summed E-state index contributed by atoms with van der Waals surface area (Å²) < 4.78 is 0. The molecule has 21 heavy (non-hydrogen) atoms. The van der Waals surface area contributed by atoms with Gasteiger partial charge in [0.25, 0.3) is 0 Å². The Kier molecular flexibility index (Phi) is 8.87. The summed E-state index contributed by atoms with van der Waals surface area (Å²) in [5.74, 6) is -2.46. The molecule has 0 aliphatic heterocycles. The molecule has 0 aliphatic rings. The minimum absolute atomic E-state index is 0.190. The number of hydrogen-bond acceptors (Lipinski definition) is 2. The topological polar surface area (TPSA) is 74.6 Å². The van der Waals surface area contributed by atoms with Crippen molar-refractivity contribution in [3.8, 4) is 0 Å². The molecule has 2 N–H and O–H groups in total. The van der Waals surface area contributed by atoms with Gasteiger partial charge in [-0.15, -0.1) is 0 Å². The van der Waals surface area contributed by atoms with E-state index in [0.717, 1.165) is 0 Å². The van der Waals surface area contributed by atoms with Crippen molar-refractivity contribution in [2.75, 3.05) is 24.6 Å². The van der Waals surface area contributed by atoms with Crippen molar-refractivity contribution in [1.82, 2.24) is 0 Å². The van der Waals surface area contributed by atoms with E-state index in [1.165, 1.54) is 48.9 Å². The average molecular weight is 313 g/mol. The van der Waals surface area contributed by atoms with Crippen LogP contribution in [0.1, 0.15) is 48.4 Å². The van der Waals surface area contributed by atoms with Crippen LogP contribution >= 0.6 is 7.26 Å². The molecule has 0 fully saturated rings. The maximum Gasteiger partial charge on any atom is 0.336 e. The molecule has 0 radical (unpaired) electrons. The van der Waals surface area contributed by atoms with Gasteiger partial charge in [0.2, 0.25) is 0 Å². The zero-order chi connectivity index (χ0) is 16.5. The fourth-order valence-corrected chi connectivity index (χ4v) is 4.88. The average Bonchev–Trinajstić information content (AvgIpc) is 2.50. The first-order valence-corrected chi connectivity index (χ1v) is 9.81. The van der Waals surface area contributed by atoms with Crippen LogP contribution in [0.2, 0.25) is 0 Å². The van der Waals surface area contributed by atoms with E-state index in [1.54, 1.807) is 0 Å². The van der Waals surface area contributed by atoms with E-state index in [2.05, 4.69) is 27.7 Å². The smallest absolute Gasteiger partial charge is 0.336 e. The van der Waals surface area contributed by atoms with E-state index in [-0.39, 0.29) is 11.1 Å². The number of carboxylic acids is 2. The van der Waals surface area contributed by atoms with Crippen molar-refractivity contribution < 1.29 is 19.8 Å². The van der Waals surface area contributed by atoms with Crippen LogP contribution in [0.25, 0.3) is 0 Å². The van der Waals surface area contributed by atoms with E-state index in [4.69, 9.17) is 10.2 Å². The van der Waals surface area contributed by atoms with Gasteiger partial charge in [-0.1, -0.05) is 12.1 Å². The lowest BCUT2D eigenvalue weighted by molar-refractivity contribution is 0.0651. The Balaban J connectivity index is 0.000000400. The minimum atomic E-state index is -1.23. The molecule has 4 nitrogen and oxygen atoms in total. The molecular weight excluding hydrogens is 287 g/mol. The van der Waals surface area contributed by atoms with Crippen molar-refractivity contribution in [2.24, 2.45) is 0 Å². The van der Waals surface area contributed by atoms with Gasteiger partial charge >= 0.3 is 11.9 Å². The third-order valence-corrected chi connectivity index (χ3v) is 9.44. The van der Waals surface area contributed by atoms with Gasteiger partial charge in [-0.05, 0) is 39.8 Å². The first-order chi connectivity index (χ1) is 9.87. The van der Waals surface area contributed by atoms with Gasteiger partial charge in [0, 0.05) is 7.26 Å². The summed E-state index contributed by atoms with van der Waals surface area (Å²) in [6.07, 6.45) is 5.82. The maximum atomic E-state index is 10.5. The number of benzene rings is 1. The number of hydrogen-bond donors (Lipinski definition) is 2. The quantitative estimate of drug-likeness (QED) is 0.773. The van der Waals surface area contributed by atoms with Crippen molar-refractivity contribution in [2.45, 2.75) is 27.7 Å². The second-order valence-corrected chi connectivity index (χ2v) is 9.98. The highest BCUT2D eigenvalue weighted by Gasteiger charge is 2.27. The molecule has 0 atom stereocenters. The lowest BCUT2D eigenvalue weighted by Gasteiger charge is -2.20. The van der Waals surface area contributed by atoms with Gasteiger partial charge < -0.3 is 10.2 Å². The number of rotatable bonds is 6. The molecule has 0 saturated carbocycles. The van der Waals surface area contributed by atoms with Crippen LogP contribution in [0.5, 0.6) is 0 Å². The number of carbonyl (C=O) groups is 2. The molecule has 0 aromatic heterocycles. The fraction of sp³-hybridized carbons (Fsp3) is 0.500. The van der Waals surface area contributed by atoms with Crippen LogP contribution in [0.15, 0.2) is 24.3 Å². The highest BCUT2D eigenvalue weighted by atomic mass is 31.2. The van der Waals surface area contributed by atoms with Crippen molar-refractivity contribution in [3.63, 3.8) is 0 Å². The van der Waals surface area contributed by atoms with E-state index in [9.17, 15) is 9.59 Å². The zero-order valence-electron chi connectivity index (χ0n) is 13.3. The number of aromatic carboxylic acids is 2. The molecular formula is C16H26O4P+. The normalized spacial score (nSPS) is 10.5. The first kappa shape index (κ1) is 19.6. The predicted octanol–water partition coefficient (Wildman–Crippen LogP) is 4.17. The van der Waals surface area contributed by atoms with Crippen molar-refractivity contribution in [3.05, 3.63) is 35.4 Å². The highest BCUT2D eigenvalue weighted by molar-refractivity contribution is 7.75. The Morgan fingerprint density at radius 3 is 1.24 bits per heavy atom. The second kappa shape index (κ2) is 9.51. The molecule has 1 aromatic rings. The van der Waals surface area contributed by atoms with Gasteiger partial charge in [-0.25, -0.2) is 9.59 Å². The summed E-state index contributed by atoms with van der Waals surface area (Å²) in [5.41, 5.74) is -0.380. The lowest BCUT2D eigenvalue weighted by Crippen LogP contribution is -2.06. The summed E-state index contributed by atoms with van der Waals surface area (Å²) in [6, 6.07) is 5.48. The van der Waals surface area contributed by atoms with Crippen LogP contribution in [-0.2, 0) is 0 Å². The Hall–Kier alpha value is -1.41. The van der Waals surface area contributed by atoms with Gasteiger partial charge in [-0.3, -0.25) is 0 Å². The lowest BCUT2D eigenvalue weighted by atomic mass is 10.1. The maximum absolute atomic E-state index is 10.5. The summed E-state index contributed by atoms with van der Waals surface area (Å²) in [4.78, 5) is 20.9. The van der Waals surface area contributed by atoms with Gasteiger partial charge in [0.1, 0.15) is 0 Å². The second-order valence-electron chi connectivity index (χ2n) is 4.76. The van der Waals surface area contributed by atoms with Gasteiger partial charge in [0.05, 0.1) is 35.8 Å². The Labute approximate surface area is 127 Å². The first-order valence-electron chi connectivity index (χ1n) is 7.28. The molecule has 1 rings (SSSR count). The van der Waals surface area contributed by atoms with Crippen molar-refractivity contribution in [1.29, 1.82) is 0 Å². The molecule has 0 saturated heterocycles. The monoisotopic (exact) mass is 313 g/mol. The van der Waals surface area contributed by atoms with Crippen LogP contribution < -0.4 is 0 Å². The van der Waals surface area contributed by atoms with Crippen LogP contribution in [0.4, 0.5) is 0 Å². The van der Waals surface area contributed by atoms with E-state index in [0.29, 0.717) is 0 Å². The number of carboxylic acid groups (broad SMARTS) is 2. The minimum Gasteiger partial charge on any atom is -0.478 e. The molecule has 0 bridgehead atoms. The predicted molar refractivity (Wildman–Crippen MR) is 89.4 cm³/mol. The molecule has 1 aromatic carbocycles. The van der Waals surface area contributed by atoms with Gasteiger partial charge in [0.15, 0.2) is 0 Å². The Morgan fingerprint density at radius 2 is 1.10 bits per heavy atom. The van der Waals surface area contributed by atoms with Gasteiger partial charge in [-0.2, -0.15) is 0 Å². The SMILES string of the molecule is CC[P+](CC)(CC)CC.O=C(O)c1ccccc1C(=O)O. The van der Waals surface area contributed by atoms with E-state index in [1.807, 2.05) is 0 Å². The third kappa shape index (κ3) is 5.84. The molecule has 0 aliphatic carbocycles. The standard InChI is InChI=1S/C8H6O4.C8H20P/c9-7(10)5-3-1-2-4-6(5)8(11)12;1-5-9(6-2,7-3)8-4/h1-4H,(H,9,10)(H,11,12);5-8H2,1-4H3/q;+1. The van der Waals surface area contributed by atoms with Crippen LogP contribution in [-0.4, -0.2) is 46.8 Å². The van der Waals surface area contributed by atoms with E-state index < -0.39 is 19.2 Å². The summed E-state index contributed by atoms with van der Waals surface area (Å²) >= 11 is 0. The molecule has 0 spiro atoms. The van der Waals surface area contributed by atoms with E-state index >= 15 is 0 Å². The molecule has 0 heterocycles. The van der Waals surface area contributed by atoms with Crippen LogP contribution in [0.3, 0.4) is 0 Å². The summed E-state index contributed by atoms with van der Waals surface area (Å²) in [7, 11) is -0.420. The largest absolute Gasteiger partial charge is 0.478 e. The highest BCUT2D eigenvalue weighted by Crippen LogP contribution is 2.57. The van der Waals surface area contributed by atoms with Crippen molar-refractivity contribution >= 4 is 19.2 Å². The zero-order valence-corrected chi connectivity index (χ0v) is 14.2. The fourth-order valence-electron chi connectivity index (χ4n) is 2.20. The Morgan fingerprint density at radius 1 is 0.810 bits per heavy atom. The molecule has 118 valence electrons. The summed E-state index contributed by atoms with van der Waals surface area (Å²) in [5, 5.41) is 17.1. The summed E-state index contributed by atoms with van der Waals surface area (Å²) in [6.45, 7) is 9.41. The molecule has 0 amide bonds. The molecule has 0 unspecified atom stereocenters. The Bertz CT molecular complexity index is 417. The van der Waals surface area contributed by atoms with Crippen LogP contribution in [0, 0.1) is 0 Å². The molecule has 5 heteroatoms.